The average Bonchev–Trinajstić information content (AvgIpc) is 2.45. The SMILES string of the molecule is F[B-](F)(F)c1cc2ccncc2s1.[K+]. The van der Waals surface area contributed by atoms with Crippen LogP contribution in [0.5, 0.6) is 0 Å². The van der Waals surface area contributed by atoms with E-state index in [0.29, 0.717) is 10.1 Å². The number of halogens is 3. The molecule has 0 saturated carbocycles. The molecule has 0 aliphatic heterocycles. The Morgan fingerprint density at radius 2 is 2.00 bits per heavy atom. The van der Waals surface area contributed by atoms with Gasteiger partial charge in [0.1, 0.15) is 0 Å². The Hall–Kier alpha value is 0.601. The molecule has 68 valence electrons. The summed E-state index contributed by atoms with van der Waals surface area (Å²) in [5.74, 6) is 0. The van der Waals surface area contributed by atoms with Crippen LogP contribution in [0.1, 0.15) is 0 Å². The molecule has 0 bridgehead atoms. The quantitative estimate of drug-likeness (QED) is 0.605. The van der Waals surface area contributed by atoms with E-state index in [2.05, 4.69) is 4.98 Å². The number of nitrogens with zero attached hydrogens (tertiary/aromatic N) is 1. The van der Waals surface area contributed by atoms with Crippen LogP contribution >= 0.6 is 11.3 Å². The average molecular weight is 241 g/mol. The minimum Gasteiger partial charge on any atom is -0.444 e. The molecule has 2 rings (SSSR count). The van der Waals surface area contributed by atoms with Gasteiger partial charge in [0, 0.05) is 17.1 Å². The first kappa shape index (κ1) is 12.7. The first-order valence-corrected chi connectivity index (χ1v) is 4.42. The zero-order chi connectivity index (χ0) is 9.47. The molecular weight excluding hydrogens is 237 g/mol. The maximum Gasteiger partial charge on any atom is 1.00 e. The van der Waals surface area contributed by atoms with Crippen molar-refractivity contribution in [2.24, 2.45) is 0 Å². The van der Waals surface area contributed by atoms with E-state index in [1.54, 1.807) is 6.07 Å². The van der Waals surface area contributed by atoms with Crippen LogP contribution in [-0.2, 0) is 0 Å². The van der Waals surface area contributed by atoms with Gasteiger partial charge in [0.2, 0.25) is 0 Å². The van der Waals surface area contributed by atoms with Gasteiger partial charge in [0.25, 0.3) is 0 Å². The van der Waals surface area contributed by atoms with Crippen molar-refractivity contribution in [3.05, 3.63) is 24.5 Å². The number of thiophene rings is 1. The summed E-state index contributed by atoms with van der Waals surface area (Å²) in [4.78, 5) is 3.76. The van der Waals surface area contributed by atoms with Crippen molar-refractivity contribution in [3.8, 4) is 0 Å². The summed E-state index contributed by atoms with van der Waals surface area (Å²) < 4.78 is 36.9. The largest absolute Gasteiger partial charge is 1.00 e. The second kappa shape index (κ2) is 4.63. The number of hydrogen-bond donors (Lipinski definition) is 0. The minimum absolute atomic E-state index is 0. The third-order valence-electron chi connectivity index (χ3n) is 1.66. The van der Waals surface area contributed by atoms with Crippen molar-refractivity contribution in [2.75, 3.05) is 0 Å². The van der Waals surface area contributed by atoms with Gasteiger partial charge in [-0.25, -0.2) is 0 Å². The maximum atomic E-state index is 12.3. The zero-order valence-electron chi connectivity index (χ0n) is 7.38. The van der Waals surface area contributed by atoms with Crippen molar-refractivity contribution in [1.29, 1.82) is 0 Å². The molecule has 14 heavy (non-hydrogen) atoms. The van der Waals surface area contributed by atoms with Crippen LogP contribution < -0.4 is 56.2 Å². The van der Waals surface area contributed by atoms with E-state index in [1.165, 1.54) is 18.5 Å². The van der Waals surface area contributed by atoms with Crippen molar-refractivity contribution in [1.82, 2.24) is 4.98 Å². The third-order valence-corrected chi connectivity index (χ3v) is 2.85. The van der Waals surface area contributed by atoms with Gasteiger partial charge in [-0.3, -0.25) is 4.98 Å². The number of rotatable bonds is 1. The van der Waals surface area contributed by atoms with Crippen LogP contribution in [0.2, 0.25) is 0 Å². The maximum absolute atomic E-state index is 12.3. The molecule has 0 unspecified atom stereocenters. The Balaban J connectivity index is 0.000000980. The van der Waals surface area contributed by atoms with E-state index in [9.17, 15) is 12.9 Å². The molecular formula is C7H4BF3KNS. The molecule has 1 nitrogen and oxygen atoms in total. The summed E-state index contributed by atoms with van der Waals surface area (Å²) in [6, 6.07) is 2.75. The predicted octanol–water partition coefficient (Wildman–Crippen LogP) is -0.645. The number of fused-ring (bicyclic) bond motifs is 1. The van der Waals surface area contributed by atoms with Gasteiger partial charge in [0.15, 0.2) is 0 Å². The molecule has 0 amide bonds. The van der Waals surface area contributed by atoms with E-state index in [-0.39, 0.29) is 51.4 Å². The van der Waals surface area contributed by atoms with Crippen molar-refractivity contribution in [2.45, 2.75) is 0 Å². The molecule has 0 aromatic carbocycles. The van der Waals surface area contributed by atoms with Crippen LogP contribution in [0.4, 0.5) is 12.9 Å². The molecule has 2 aromatic rings. The molecule has 0 N–H and O–H groups in total. The zero-order valence-corrected chi connectivity index (χ0v) is 11.3. The first-order chi connectivity index (χ1) is 6.07. The predicted molar refractivity (Wildman–Crippen MR) is 48.3 cm³/mol. The fraction of sp³-hybridized carbons (Fsp3) is 0. The minimum atomic E-state index is -4.87. The van der Waals surface area contributed by atoms with E-state index in [1.807, 2.05) is 0 Å². The molecule has 0 aliphatic rings. The summed E-state index contributed by atoms with van der Waals surface area (Å²) in [5.41, 5.74) is 0. The standard InChI is InChI=1S/C7H4BF3NS.K/c9-8(10,11)7-3-5-1-2-12-4-6(5)13-7;/h1-4H;/q-1;+1. The van der Waals surface area contributed by atoms with Gasteiger partial charge in [-0.05, 0) is 11.5 Å². The van der Waals surface area contributed by atoms with Gasteiger partial charge >= 0.3 is 58.4 Å². The number of hydrogen-bond acceptors (Lipinski definition) is 2. The summed E-state index contributed by atoms with van der Waals surface area (Å²) in [6.45, 7) is -4.87. The summed E-state index contributed by atoms with van der Waals surface area (Å²) in [6.07, 6.45) is 2.94. The Bertz CT molecular complexity index is 409. The molecule has 2 aromatic heterocycles. The van der Waals surface area contributed by atoms with Crippen molar-refractivity contribution < 1.29 is 64.3 Å². The molecule has 0 aliphatic carbocycles. The van der Waals surface area contributed by atoms with Crippen LogP contribution in [0.15, 0.2) is 24.5 Å². The Morgan fingerprint density at radius 3 is 2.57 bits per heavy atom. The second-order valence-corrected chi connectivity index (χ2v) is 3.75. The van der Waals surface area contributed by atoms with Gasteiger partial charge < -0.3 is 12.9 Å². The van der Waals surface area contributed by atoms with Gasteiger partial charge in [-0.1, -0.05) is 10.8 Å². The fourth-order valence-corrected chi connectivity index (χ4v) is 2.00. The Kier molecular flexibility index (Phi) is 4.19. The van der Waals surface area contributed by atoms with E-state index < -0.39 is 11.8 Å². The summed E-state index contributed by atoms with van der Waals surface area (Å²) in [7, 11) is 0. The van der Waals surface area contributed by atoms with Crippen LogP contribution in [0.3, 0.4) is 0 Å². The topological polar surface area (TPSA) is 12.9 Å². The number of aromatic nitrogens is 1. The van der Waals surface area contributed by atoms with Gasteiger partial charge in [0.05, 0.1) is 0 Å². The molecule has 0 spiro atoms. The van der Waals surface area contributed by atoms with E-state index >= 15 is 0 Å². The summed E-state index contributed by atoms with van der Waals surface area (Å²) in [5, 5.41) is 0.606. The van der Waals surface area contributed by atoms with Gasteiger partial charge in [-0.2, -0.15) is 11.3 Å². The van der Waals surface area contributed by atoms with Crippen molar-refractivity contribution in [3.63, 3.8) is 0 Å². The monoisotopic (exact) mass is 241 g/mol. The number of pyridine rings is 1. The molecule has 0 atom stereocenters. The molecule has 2 heterocycles. The van der Waals surface area contributed by atoms with E-state index in [4.69, 9.17) is 0 Å². The van der Waals surface area contributed by atoms with E-state index in [0.717, 1.165) is 11.3 Å². The summed E-state index contributed by atoms with van der Waals surface area (Å²) >= 11 is 0.744. The van der Waals surface area contributed by atoms with Crippen LogP contribution in [0, 0.1) is 0 Å². The first-order valence-electron chi connectivity index (χ1n) is 3.61. The Labute approximate surface area is 125 Å². The smallest absolute Gasteiger partial charge is 0.444 e. The normalized spacial score (nSPS) is 11.4. The van der Waals surface area contributed by atoms with Gasteiger partial charge in [-0.15, -0.1) is 0 Å². The Morgan fingerprint density at radius 1 is 1.29 bits per heavy atom. The van der Waals surface area contributed by atoms with Crippen LogP contribution in [0.25, 0.3) is 10.1 Å². The van der Waals surface area contributed by atoms with Crippen molar-refractivity contribution >= 4 is 33.2 Å². The third kappa shape index (κ3) is 2.59. The molecule has 0 saturated heterocycles. The molecule has 7 heteroatoms. The fourth-order valence-electron chi connectivity index (χ4n) is 1.07. The second-order valence-electron chi connectivity index (χ2n) is 2.64. The van der Waals surface area contributed by atoms with Crippen LogP contribution in [-0.4, -0.2) is 12.0 Å². The molecule has 0 fully saturated rings. The molecule has 0 radical (unpaired) electrons.